The summed E-state index contributed by atoms with van der Waals surface area (Å²) in [7, 11) is 0. The van der Waals surface area contributed by atoms with Crippen LogP contribution >= 0.6 is 0 Å². The van der Waals surface area contributed by atoms with E-state index in [4.69, 9.17) is 0 Å². The van der Waals surface area contributed by atoms with Gasteiger partial charge in [-0.15, -0.1) is 0 Å². The first-order valence-electron chi connectivity index (χ1n) is 6.14. The van der Waals surface area contributed by atoms with Crippen molar-refractivity contribution < 1.29 is 5.11 Å². The lowest BCUT2D eigenvalue weighted by molar-refractivity contribution is 0.0787. The fourth-order valence-corrected chi connectivity index (χ4v) is 2.37. The monoisotopic (exact) mass is 231 g/mol. The first-order chi connectivity index (χ1) is 8.31. The van der Waals surface area contributed by atoms with Gasteiger partial charge in [0.25, 0.3) is 0 Å². The minimum atomic E-state index is -0.104. The Morgan fingerprint density at radius 1 is 1.29 bits per heavy atom. The third-order valence-corrected chi connectivity index (χ3v) is 3.36. The van der Waals surface area contributed by atoms with Crippen molar-refractivity contribution >= 4 is 5.65 Å². The largest absolute Gasteiger partial charge is 0.393 e. The molecular formula is C13H17N3O. The molecular weight excluding hydrogens is 214 g/mol. The van der Waals surface area contributed by atoms with E-state index in [0.717, 1.165) is 43.8 Å². The molecule has 2 aromatic rings. The molecule has 17 heavy (non-hydrogen) atoms. The van der Waals surface area contributed by atoms with E-state index >= 15 is 0 Å². The van der Waals surface area contributed by atoms with Gasteiger partial charge in [-0.05, 0) is 25.0 Å². The fourth-order valence-electron chi connectivity index (χ4n) is 2.37. The average Bonchev–Trinajstić information content (AvgIpc) is 2.74. The average molecular weight is 231 g/mol. The summed E-state index contributed by atoms with van der Waals surface area (Å²) in [5.41, 5.74) is 2.10. The summed E-state index contributed by atoms with van der Waals surface area (Å²) in [6, 6.07) is 6.03. The molecule has 1 saturated heterocycles. The Hall–Kier alpha value is -1.39. The zero-order valence-electron chi connectivity index (χ0n) is 9.79. The van der Waals surface area contributed by atoms with Crippen LogP contribution in [0.3, 0.4) is 0 Å². The number of fused-ring (bicyclic) bond motifs is 1. The lowest BCUT2D eigenvalue weighted by Crippen LogP contribution is -2.35. The van der Waals surface area contributed by atoms with E-state index in [9.17, 15) is 5.11 Å². The highest BCUT2D eigenvalue weighted by Gasteiger charge is 2.17. The van der Waals surface area contributed by atoms with E-state index in [-0.39, 0.29) is 6.10 Å². The van der Waals surface area contributed by atoms with Crippen LogP contribution in [0.2, 0.25) is 0 Å². The van der Waals surface area contributed by atoms with Gasteiger partial charge in [0.2, 0.25) is 0 Å². The summed E-state index contributed by atoms with van der Waals surface area (Å²) in [5.74, 6) is 0. The number of aliphatic hydroxyl groups excluding tert-OH is 1. The second-order valence-electron chi connectivity index (χ2n) is 4.71. The summed E-state index contributed by atoms with van der Waals surface area (Å²) in [4.78, 5) is 6.94. The number of rotatable bonds is 2. The Labute approximate surface area is 101 Å². The van der Waals surface area contributed by atoms with Crippen LogP contribution in [-0.2, 0) is 6.54 Å². The number of pyridine rings is 1. The van der Waals surface area contributed by atoms with Gasteiger partial charge in [0.05, 0.1) is 11.8 Å². The van der Waals surface area contributed by atoms with E-state index in [1.807, 2.05) is 28.8 Å². The molecule has 1 N–H and O–H groups in total. The Morgan fingerprint density at radius 3 is 2.88 bits per heavy atom. The molecule has 0 aliphatic carbocycles. The minimum Gasteiger partial charge on any atom is -0.393 e. The maximum absolute atomic E-state index is 9.46. The van der Waals surface area contributed by atoms with Gasteiger partial charge in [0.15, 0.2) is 0 Å². The van der Waals surface area contributed by atoms with Gasteiger partial charge in [-0.25, -0.2) is 4.98 Å². The fraction of sp³-hybridized carbons (Fsp3) is 0.462. The second kappa shape index (κ2) is 4.47. The molecule has 1 fully saturated rings. The first-order valence-corrected chi connectivity index (χ1v) is 6.14. The molecule has 0 radical (unpaired) electrons. The van der Waals surface area contributed by atoms with E-state index in [1.165, 1.54) is 0 Å². The zero-order chi connectivity index (χ0) is 11.7. The van der Waals surface area contributed by atoms with Crippen LogP contribution in [0, 0.1) is 0 Å². The molecule has 90 valence electrons. The molecule has 4 heteroatoms. The van der Waals surface area contributed by atoms with Crippen LogP contribution in [0.5, 0.6) is 0 Å². The van der Waals surface area contributed by atoms with Crippen LogP contribution in [0.25, 0.3) is 5.65 Å². The van der Waals surface area contributed by atoms with Crippen molar-refractivity contribution in [2.45, 2.75) is 25.5 Å². The van der Waals surface area contributed by atoms with Gasteiger partial charge in [-0.2, -0.15) is 0 Å². The molecule has 0 amide bonds. The quantitative estimate of drug-likeness (QED) is 0.846. The molecule has 1 aliphatic heterocycles. The molecule has 0 bridgehead atoms. The number of likely N-dealkylation sites (tertiary alicyclic amines) is 1. The standard InChI is InChI=1S/C13H17N3O/c17-12-4-7-15(8-5-12)9-11-10-16-6-2-1-3-13(16)14-11/h1-3,6,10,12,17H,4-5,7-9H2. The highest BCUT2D eigenvalue weighted by atomic mass is 16.3. The minimum absolute atomic E-state index is 0.104. The smallest absolute Gasteiger partial charge is 0.137 e. The number of aromatic nitrogens is 2. The van der Waals surface area contributed by atoms with E-state index in [2.05, 4.69) is 16.1 Å². The third kappa shape index (κ3) is 2.33. The predicted molar refractivity (Wildman–Crippen MR) is 65.7 cm³/mol. The maximum atomic E-state index is 9.46. The second-order valence-corrected chi connectivity index (χ2v) is 4.71. The molecule has 3 heterocycles. The maximum Gasteiger partial charge on any atom is 0.137 e. The van der Waals surface area contributed by atoms with Gasteiger partial charge < -0.3 is 9.51 Å². The van der Waals surface area contributed by atoms with Crippen LogP contribution in [-0.4, -0.2) is 38.6 Å². The molecule has 1 aliphatic rings. The van der Waals surface area contributed by atoms with Gasteiger partial charge in [0.1, 0.15) is 5.65 Å². The van der Waals surface area contributed by atoms with Crippen LogP contribution in [0.15, 0.2) is 30.6 Å². The summed E-state index contributed by atoms with van der Waals surface area (Å²) in [5, 5.41) is 9.46. The van der Waals surface area contributed by atoms with E-state index in [0.29, 0.717) is 0 Å². The summed E-state index contributed by atoms with van der Waals surface area (Å²) in [6.45, 7) is 2.82. The van der Waals surface area contributed by atoms with Gasteiger partial charge >= 0.3 is 0 Å². The molecule has 0 spiro atoms. The van der Waals surface area contributed by atoms with Crippen molar-refractivity contribution in [2.75, 3.05) is 13.1 Å². The Kier molecular flexibility index (Phi) is 2.82. The highest BCUT2D eigenvalue weighted by molar-refractivity contribution is 5.39. The molecule has 2 aromatic heterocycles. The number of nitrogens with zero attached hydrogens (tertiary/aromatic N) is 3. The molecule has 0 aromatic carbocycles. The Morgan fingerprint density at radius 2 is 2.12 bits per heavy atom. The topological polar surface area (TPSA) is 40.8 Å². The number of hydrogen-bond acceptors (Lipinski definition) is 3. The predicted octanol–water partition coefficient (Wildman–Crippen LogP) is 1.29. The number of hydrogen-bond donors (Lipinski definition) is 1. The number of imidazole rings is 1. The number of aliphatic hydroxyl groups is 1. The van der Waals surface area contributed by atoms with Crippen LogP contribution < -0.4 is 0 Å². The SMILES string of the molecule is OC1CCN(Cc2cn3ccccc3n2)CC1. The third-order valence-electron chi connectivity index (χ3n) is 3.36. The van der Waals surface area contributed by atoms with Crippen molar-refractivity contribution in [3.05, 3.63) is 36.3 Å². The van der Waals surface area contributed by atoms with E-state index in [1.54, 1.807) is 0 Å². The Bertz CT molecular complexity index is 467. The first kappa shape index (κ1) is 10.7. The van der Waals surface area contributed by atoms with Crippen molar-refractivity contribution in [3.63, 3.8) is 0 Å². The van der Waals surface area contributed by atoms with Crippen molar-refractivity contribution in [3.8, 4) is 0 Å². The molecule has 0 saturated carbocycles. The van der Waals surface area contributed by atoms with Crippen molar-refractivity contribution in [1.29, 1.82) is 0 Å². The molecule has 0 unspecified atom stereocenters. The normalized spacial score (nSPS) is 18.9. The lowest BCUT2D eigenvalue weighted by Gasteiger charge is -2.28. The zero-order valence-corrected chi connectivity index (χ0v) is 9.79. The lowest BCUT2D eigenvalue weighted by atomic mass is 10.1. The van der Waals surface area contributed by atoms with Crippen LogP contribution in [0.4, 0.5) is 0 Å². The van der Waals surface area contributed by atoms with Crippen molar-refractivity contribution in [2.24, 2.45) is 0 Å². The Balaban J connectivity index is 1.72. The number of piperidine rings is 1. The summed E-state index contributed by atoms with van der Waals surface area (Å²) < 4.78 is 2.05. The van der Waals surface area contributed by atoms with E-state index < -0.39 is 0 Å². The van der Waals surface area contributed by atoms with Crippen LogP contribution in [0.1, 0.15) is 18.5 Å². The van der Waals surface area contributed by atoms with Gasteiger partial charge in [-0.3, -0.25) is 4.90 Å². The van der Waals surface area contributed by atoms with Gasteiger partial charge in [-0.1, -0.05) is 6.07 Å². The summed E-state index contributed by atoms with van der Waals surface area (Å²) >= 11 is 0. The highest BCUT2D eigenvalue weighted by Crippen LogP contribution is 2.13. The molecule has 0 atom stereocenters. The van der Waals surface area contributed by atoms with Crippen molar-refractivity contribution in [1.82, 2.24) is 14.3 Å². The molecule has 4 nitrogen and oxygen atoms in total. The molecule has 3 rings (SSSR count). The summed E-state index contributed by atoms with van der Waals surface area (Å²) in [6.07, 6.45) is 5.76. The van der Waals surface area contributed by atoms with Gasteiger partial charge in [0, 0.05) is 32.0 Å².